The number of hydrogen-bond acceptors (Lipinski definition) is 2. The molecule has 4 rings (SSSR count). The van der Waals surface area contributed by atoms with E-state index in [0.717, 1.165) is 51.1 Å². The Kier molecular flexibility index (Phi) is 5.81. The maximum absolute atomic E-state index is 13.1. The van der Waals surface area contributed by atoms with Gasteiger partial charge in [0, 0.05) is 45.1 Å². The summed E-state index contributed by atoms with van der Waals surface area (Å²) in [6, 6.07) is 17.2. The average Bonchev–Trinajstić information content (AvgIpc) is 3.23. The smallest absolute Gasteiger partial charge is 0.219 e. The number of likely N-dealkylation sites (tertiary alicyclic amines) is 2. The first kappa shape index (κ1) is 19.8. The van der Waals surface area contributed by atoms with Gasteiger partial charge in [-0.1, -0.05) is 54.6 Å². The Bertz CT molecular complexity index is 864. The van der Waals surface area contributed by atoms with Crippen LogP contribution in [0.2, 0.25) is 0 Å². The second-order valence-electron chi connectivity index (χ2n) is 8.59. The molecular weight excluding hydrogens is 363 g/mol. The third-order valence-corrected chi connectivity index (χ3v) is 6.57. The van der Waals surface area contributed by atoms with Crippen LogP contribution in [0.1, 0.15) is 24.5 Å². The molecule has 2 aliphatic rings. The third-order valence-electron chi connectivity index (χ3n) is 6.57. The second-order valence-corrected chi connectivity index (χ2v) is 8.59. The molecule has 3 nitrogen and oxygen atoms in total. The van der Waals surface area contributed by atoms with Crippen molar-refractivity contribution in [1.82, 2.24) is 9.80 Å². The fourth-order valence-corrected chi connectivity index (χ4v) is 4.98. The minimum Gasteiger partial charge on any atom is -0.342 e. The summed E-state index contributed by atoms with van der Waals surface area (Å²) in [7, 11) is 0. The molecule has 0 aliphatic carbocycles. The van der Waals surface area contributed by atoms with Crippen molar-refractivity contribution in [1.29, 1.82) is 0 Å². The van der Waals surface area contributed by atoms with Crippen molar-refractivity contribution in [3.8, 4) is 0 Å². The summed E-state index contributed by atoms with van der Waals surface area (Å²) in [5.41, 5.74) is 2.58. The van der Waals surface area contributed by atoms with Gasteiger partial charge in [0.05, 0.1) is 0 Å². The van der Waals surface area contributed by atoms with E-state index >= 15 is 0 Å². The molecule has 1 amide bonds. The number of amides is 1. The van der Waals surface area contributed by atoms with Crippen LogP contribution in [-0.2, 0) is 11.2 Å². The zero-order chi connectivity index (χ0) is 20.3. The summed E-state index contributed by atoms with van der Waals surface area (Å²) in [5.74, 6) is 0.528. The van der Waals surface area contributed by atoms with Gasteiger partial charge in [-0.3, -0.25) is 9.69 Å². The summed E-state index contributed by atoms with van der Waals surface area (Å²) < 4.78 is 13.1. The summed E-state index contributed by atoms with van der Waals surface area (Å²) in [4.78, 5) is 16.6. The second kappa shape index (κ2) is 8.50. The van der Waals surface area contributed by atoms with E-state index in [2.05, 4.69) is 47.4 Å². The van der Waals surface area contributed by atoms with Crippen molar-refractivity contribution in [2.24, 2.45) is 11.3 Å². The number of nitrogens with zero attached hydrogens (tertiary/aromatic N) is 2. The number of carbonyl (C=O) groups excluding carboxylic acids is 1. The molecule has 29 heavy (non-hydrogen) atoms. The number of hydrogen-bond donors (Lipinski definition) is 0. The largest absolute Gasteiger partial charge is 0.342 e. The van der Waals surface area contributed by atoms with Gasteiger partial charge >= 0.3 is 0 Å². The van der Waals surface area contributed by atoms with Gasteiger partial charge in [0.15, 0.2) is 0 Å². The lowest BCUT2D eigenvalue weighted by molar-refractivity contribution is -0.128. The predicted molar refractivity (Wildman–Crippen MR) is 115 cm³/mol. The van der Waals surface area contributed by atoms with E-state index in [0.29, 0.717) is 5.92 Å². The van der Waals surface area contributed by atoms with Crippen LogP contribution in [0.5, 0.6) is 0 Å². The Morgan fingerprint density at radius 3 is 2.59 bits per heavy atom. The van der Waals surface area contributed by atoms with Gasteiger partial charge in [-0.15, -0.1) is 0 Å². The number of benzene rings is 2. The Hall–Kier alpha value is -2.46. The summed E-state index contributed by atoms with van der Waals surface area (Å²) in [6.45, 7) is 6.39. The molecule has 4 heteroatoms. The molecule has 2 aromatic carbocycles. The molecule has 2 heterocycles. The van der Waals surface area contributed by atoms with Crippen LogP contribution in [0.15, 0.2) is 60.7 Å². The molecular formula is C25H29FN2O. The predicted octanol–water partition coefficient (Wildman–Crippen LogP) is 4.25. The number of rotatable bonds is 6. The van der Waals surface area contributed by atoms with Crippen LogP contribution in [0.4, 0.5) is 4.39 Å². The topological polar surface area (TPSA) is 23.6 Å². The molecule has 2 aromatic rings. The minimum absolute atomic E-state index is 0.186. The molecule has 0 saturated carbocycles. The van der Waals surface area contributed by atoms with Gasteiger partial charge in [0.25, 0.3) is 0 Å². The molecule has 2 unspecified atom stereocenters. The first-order valence-electron chi connectivity index (χ1n) is 10.5. The molecule has 0 N–H and O–H groups in total. The zero-order valence-corrected chi connectivity index (χ0v) is 17.1. The van der Waals surface area contributed by atoms with Crippen molar-refractivity contribution in [2.75, 3.05) is 32.7 Å². The van der Waals surface area contributed by atoms with Crippen molar-refractivity contribution in [2.45, 2.75) is 19.8 Å². The number of aryl methyl sites for hydroxylation is 1. The summed E-state index contributed by atoms with van der Waals surface area (Å²) >= 11 is 0. The third kappa shape index (κ3) is 4.59. The molecule has 2 aliphatic heterocycles. The SMILES string of the molecule is CC(=O)N1CC2CN(C/C=C/c3ccc(F)cc3)CC2(CCc2ccccc2)C1. The van der Waals surface area contributed by atoms with Gasteiger partial charge in [-0.25, -0.2) is 4.39 Å². The van der Waals surface area contributed by atoms with E-state index in [1.807, 2.05) is 4.90 Å². The first-order chi connectivity index (χ1) is 14.0. The molecule has 0 spiro atoms. The van der Waals surface area contributed by atoms with E-state index in [1.165, 1.54) is 17.7 Å². The molecule has 2 atom stereocenters. The number of carbonyl (C=O) groups is 1. The van der Waals surface area contributed by atoms with Gasteiger partial charge in [0.1, 0.15) is 5.82 Å². The van der Waals surface area contributed by atoms with Crippen molar-refractivity contribution in [3.63, 3.8) is 0 Å². The highest BCUT2D eigenvalue weighted by atomic mass is 19.1. The van der Waals surface area contributed by atoms with Crippen molar-refractivity contribution in [3.05, 3.63) is 77.6 Å². The van der Waals surface area contributed by atoms with Gasteiger partial charge in [-0.2, -0.15) is 0 Å². The van der Waals surface area contributed by atoms with E-state index in [-0.39, 0.29) is 17.1 Å². The van der Waals surface area contributed by atoms with Crippen LogP contribution in [0.25, 0.3) is 6.08 Å². The van der Waals surface area contributed by atoms with E-state index in [1.54, 1.807) is 19.1 Å². The minimum atomic E-state index is -0.204. The van der Waals surface area contributed by atoms with Crippen LogP contribution in [0.3, 0.4) is 0 Å². The van der Waals surface area contributed by atoms with Crippen LogP contribution >= 0.6 is 0 Å². The lowest BCUT2D eigenvalue weighted by Crippen LogP contribution is -2.36. The molecule has 0 bridgehead atoms. The lowest BCUT2D eigenvalue weighted by atomic mass is 9.76. The van der Waals surface area contributed by atoms with Gasteiger partial charge in [-0.05, 0) is 42.0 Å². The van der Waals surface area contributed by atoms with Crippen LogP contribution in [-0.4, -0.2) is 48.4 Å². The molecule has 152 valence electrons. The maximum Gasteiger partial charge on any atom is 0.219 e. The standard InChI is InChI=1S/C25H29FN2O/c1-20(29)28-17-23-16-27(15-5-8-22-9-11-24(26)12-10-22)18-25(23,19-28)14-13-21-6-3-2-4-7-21/h2-12,23H,13-19H2,1H3/b8-5+. The maximum atomic E-state index is 13.1. The average molecular weight is 393 g/mol. The van der Waals surface area contributed by atoms with E-state index in [9.17, 15) is 9.18 Å². The molecule has 2 saturated heterocycles. The highest BCUT2D eigenvalue weighted by molar-refractivity contribution is 5.73. The lowest BCUT2D eigenvalue weighted by Gasteiger charge is -2.29. The van der Waals surface area contributed by atoms with Crippen molar-refractivity contribution < 1.29 is 9.18 Å². The highest BCUT2D eigenvalue weighted by Gasteiger charge is 2.52. The normalized spacial score (nSPS) is 24.3. The Labute approximate surface area is 172 Å². The van der Waals surface area contributed by atoms with Gasteiger partial charge < -0.3 is 4.90 Å². The monoisotopic (exact) mass is 392 g/mol. The Morgan fingerprint density at radius 2 is 1.86 bits per heavy atom. The fraction of sp³-hybridized carbons (Fsp3) is 0.400. The van der Waals surface area contributed by atoms with Crippen molar-refractivity contribution >= 4 is 12.0 Å². The Balaban J connectivity index is 1.41. The van der Waals surface area contributed by atoms with Crippen LogP contribution in [0, 0.1) is 17.2 Å². The first-order valence-corrected chi connectivity index (χ1v) is 10.5. The molecule has 2 fully saturated rings. The molecule has 0 radical (unpaired) electrons. The highest BCUT2D eigenvalue weighted by Crippen LogP contribution is 2.45. The van der Waals surface area contributed by atoms with Crippen LogP contribution < -0.4 is 0 Å². The molecule has 0 aromatic heterocycles. The van der Waals surface area contributed by atoms with Gasteiger partial charge in [0.2, 0.25) is 5.91 Å². The summed E-state index contributed by atoms with van der Waals surface area (Å²) in [6.07, 6.45) is 6.40. The van der Waals surface area contributed by atoms with E-state index < -0.39 is 0 Å². The summed E-state index contributed by atoms with van der Waals surface area (Å²) in [5, 5.41) is 0. The Morgan fingerprint density at radius 1 is 1.10 bits per heavy atom. The number of halogens is 1. The number of fused-ring (bicyclic) bond motifs is 1. The van der Waals surface area contributed by atoms with E-state index in [4.69, 9.17) is 0 Å². The fourth-order valence-electron chi connectivity index (χ4n) is 4.98. The quantitative estimate of drug-likeness (QED) is 0.734. The zero-order valence-electron chi connectivity index (χ0n) is 17.1.